The zero-order valence-corrected chi connectivity index (χ0v) is 11.3. The summed E-state index contributed by atoms with van der Waals surface area (Å²) < 4.78 is 1.21. The van der Waals surface area contributed by atoms with Gasteiger partial charge in [0.2, 0.25) is 0 Å². The van der Waals surface area contributed by atoms with Crippen molar-refractivity contribution in [2.75, 3.05) is 0 Å². The van der Waals surface area contributed by atoms with E-state index in [4.69, 9.17) is 0 Å². The van der Waals surface area contributed by atoms with Crippen molar-refractivity contribution in [1.29, 1.82) is 0 Å². The van der Waals surface area contributed by atoms with Gasteiger partial charge in [0.05, 0.1) is 0 Å². The highest BCUT2D eigenvalue weighted by atomic mass is 79.9. The molecule has 0 saturated carbocycles. The van der Waals surface area contributed by atoms with Gasteiger partial charge < -0.3 is 0 Å². The minimum absolute atomic E-state index is 0.779. The first-order chi connectivity index (χ1) is 8.31. The second kappa shape index (κ2) is 4.66. The molecule has 0 fully saturated rings. The molecule has 17 heavy (non-hydrogen) atoms. The molecule has 2 aromatic rings. The smallest absolute Gasteiger partial charge is 0.0178 e. The molecule has 0 aliphatic heterocycles. The number of rotatable bonds is 2. The summed E-state index contributed by atoms with van der Waals surface area (Å²) in [4.78, 5) is 0. The summed E-state index contributed by atoms with van der Waals surface area (Å²) in [5.41, 5.74) is 4.53. The van der Waals surface area contributed by atoms with Crippen LogP contribution in [0, 0.1) is 5.92 Å². The number of hydrogen-bond acceptors (Lipinski definition) is 0. The highest BCUT2D eigenvalue weighted by Gasteiger charge is 2.21. The fraction of sp³-hybridized carbons (Fsp3) is 0.250. The van der Waals surface area contributed by atoms with E-state index in [0.29, 0.717) is 0 Å². The molecule has 0 spiro atoms. The third kappa shape index (κ3) is 2.44. The van der Waals surface area contributed by atoms with E-state index in [1.54, 1.807) is 0 Å². The minimum Gasteiger partial charge on any atom is -0.0622 e. The van der Waals surface area contributed by atoms with Crippen LogP contribution in [0.1, 0.15) is 16.7 Å². The highest BCUT2D eigenvalue weighted by molar-refractivity contribution is 9.10. The molecule has 0 radical (unpaired) electrons. The van der Waals surface area contributed by atoms with Crippen LogP contribution < -0.4 is 0 Å². The zero-order chi connectivity index (χ0) is 11.7. The highest BCUT2D eigenvalue weighted by Crippen LogP contribution is 2.31. The quantitative estimate of drug-likeness (QED) is 0.767. The van der Waals surface area contributed by atoms with Crippen molar-refractivity contribution in [3.63, 3.8) is 0 Å². The Labute approximate surface area is 111 Å². The van der Waals surface area contributed by atoms with Crippen LogP contribution in [0.5, 0.6) is 0 Å². The number of hydrogen-bond donors (Lipinski definition) is 0. The van der Waals surface area contributed by atoms with Gasteiger partial charge in [0.1, 0.15) is 0 Å². The van der Waals surface area contributed by atoms with Crippen molar-refractivity contribution < 1.29 is 0 Å². The Morgan fingerprint density at radius 1 is 0.941 bits per heavy atom. The van der Waals surface area contributed by atoms with Crippen LogP contribution in [0.4, 0.5) is 0 Å². The SMILES string of the molecule is Brc1ccc2c(c1)CC(Cc1ccccc1)C2. The average molecular weight is 287 g/mol. The normalized spacial score (nSPS) is 18.1. The van der Waals surface area contributed by atoms with Crippen LogP contribution in [0.15, 0.2) is 53.0 Å². The summed E-state index contributed by atoms with van der Waals surface area (Å²) in [7, 11) is 0. The third-order valence-electron chi connectivity index (χ3n) is 3.55. The first-order valence-corrected chi connectivity index (χ1v) is 6.92. The maximum atomic E-state index is 3.55. The topological polar surface area (TPSA) is 0 Å². The first-order valence-electron chi connectivity index (χ1n) is 6.12. The van der Waals surface area contributed by atoms with E-state index < -0.39 is 0 Å². The fourth-order valence-corrected chi connectivity index (χ4v) is 3.18. The van der Waals surface area contributed by atoms with Crippen LogP contribution in [-0.2, 0) is 19.3 Å². The molecule has 3 rings (SSSR count). The number of fused-ring (bicyclic) bond motifs is 1. The van der Waals surface area contributed by atoms with Crippen LogP contribution in [0.25, 0.3) is 0 Å². The molecular weight excluding hydrogens is 272 g/mol. The van der Waals surface area contributed by atoms with Gasteiger partial charge in [-0.25, -0.2) is 0 Å². The van der Waals surface area contributed by atoms with Gasteiger partial charge in [-0.2, -0.15) is 0 Å². The maximum absolute atomic E-state index is 3.55. The molecule has 0 nitrogen and oxygen atoms in total. The maximum Gasteiger partial charge on any atom is 0.0178 e. The Kier molecular flexibility index (Phi) is 3.02. The van der Waals surface area contributed by atoms with Crippen LogP contribution in [-0.4, -0.2) is 0 Å². The average Bonchev–Trinajstić information content (AvgIpc) is 2.71. The summed E-state index contributed by atoms with van der Waals surface area (Å²) >= 11 is 3.55. The lowest BCUT2D eigenvalue weighted by Gasteiger charge is -2.08. The van der Waals surface area contributed by atoms with Gasteiger partial charge in [0.15, 0.2) is 0 Å². The Bertz CT molecular complexity index is 516. The van der Waals surface area contributed by atoms with E-state index in [0.717, 1.165) is 5.92 Å². The van der Waals surface area contributed by atoms with Crippen LogP contribution >= 0.6 is 15.9 Å². The second-order valence-corrected chi connectivity index (χ2v) is 5.79. The number of halogens is 1. The Morgan fingerprint density at radius 2 is 1.71 bits per heavy atom. The van der Waals surface area contributed by atoms with E-state index in [-0.39, 0.29) is 0 Å². The standard InChI is InChI=1S/C16H15Br/c17-16-7-6-14-9-13(10-15(14)11-16)8-12-4-2-1-3-5-12/h1-7,11,13H,8-10H2. The van der Waals surface area contributed by atoms with E-state index in [1.807, 2.05) is 0 Å². The molecule has 0 amide bonds. The molecule has 1 aliphatic rings. The Hall–Kier alpha value is -1.08. The summed E-state index contributed by atoms with van der Waals surface area (Å²) in [6.45, 7) is 0. The molecule has 0 bridgehead atoms. The molecule has 1 aliphatic carbocycles. The Balaban J connectivity index is 1.74. The monoisotopic (exact) mass is 286 g/mol. The lowest BCUT2D eigenvalue weighted by molar-refractivity contribution is 0.559. The molecule has 0 saturated heterocycles. The molecule has 86 valence electrons. The molecule has 1 unspecified atom stereocenters. The summed E-state index contributed by atoms with van der Waals surface area (Å²) in [6, 6.07) is 17.5. The van der Waals surface area contributed by atoms with Crippen molar-refractivity contribution >= 4 is 15.9 Å². The predicted octanol–water partition coefficient (Wildman–Crippen LogP) is 4.41. The van der Waals surface area contributed by atoms with Gasteiger partial charge in [0.25, 0.3) is 0 Å². The molecule has 2 aromatic carbocycles. The molecule has 1 heteroatoms. The van der Waals surface area contributed by atoms with E-state index in [9.17, 15) is 0 Å². The van der Waals surface area contributed by atoms with Crippen LogP contribution in [0.2, 0.25) is 0 Å². The second-order valence-electron chi connectivity index (χ2n) is 4.88. The van der Waals surface area contributed by atoms with Gasteiger partial charge in [-0.1, -0.05) is 52.3 Å². The molecule has 0 heterocycles. The van der Waals surface area contributed by atoms with Crippen molar-refractivity contribution in [2.24, 2.45) is 5.92 Å². The van der Waals surface area contributed by atoms with Crippen molar-refractivity contribution in [3.05, 3.63) is 69.7 Å². The predicted molar refractivity (Wildman–Crippen MR) is 75.2 cm³/mol. The van der Waals surface area contributed by atoms with E-state index >= 15 is 0 Å². The fourth-order valence-electron chi connectivity index (χ4n) is 2.77. The summed E-state index contributed by atoms with van der Waals surface area (Å²) in [5, 5.41) is 0. The van der Waals surface area contributed by atoms with E-state index in [1.165, 1.54) is 40.4 Å². The zero-order valence-electron chi connectivity index (χ0n) is 9.70. The third-order valence-corrected chi connectivity index (χ3v) is 4.05. The van der Waals surface area contributed by atoms with E-state index in [2.05, 4.69) is 64.5 Å². The molecule has 0 N–H and O–H groups in total. The van der Waals surface area contributed by atoms with Crippen molar-refractivity contribution in [2.45, 2.75) is 19.3 Å². The van der Waals surface area contributed by atoms with Crippen LogP contribution in [0.3, 0.4) is 0 Å². The largest absolute Gasteiger partial charge is 0.0622 e. The summed E-state index contributed by atoms with van der Waals surface area (Å²) in [6.07, 6.45) is 3.66. The lowest BCUT2D eigenvalue weighted by atomic mass is 9.97. The Morgan fingerprint density at radius 3 is 2.53 bits per heavy atom. The molecule has 1 atom stereocenters. The van der Waals surface area contributed by atoms with Crippen molar-refractivity contribution in [3.8, 4) is 0 Å². The minimum atomic E-state index is 0.779. The van der Waals surface area contributed by atoms with Crippen molar-refractivity contribution in [1.82, 2.24) is 0 Å². The van der Waals surface area contributed by atoms with Gasteiger partial charge in [0, 0.05) is 4.47 Å². The molecule has 0 aromatic heterocycles. The summed E-state index contributed by atoms with van der Waals surface area (Å²) in [5.74, 6) is 0.779. The number of benzene rings is 2. The lowest BCUT2D eigenvalue weighted by Crippen LogP contribution is -2.03. The van der Waals surface area contributed by atoms with Gasteiger partial charge in [-0.3, -0.25) is 0 Å². The first kappa shape index (κ1) is 11.0. The van der Waals surface area contributed by atoms with Gasteiger partial charge in [-0.15, -0.1) is 0 Å². The van der Waals surface area contributed by atoms with Gasteiger partial charge in [-0.05, 0) is 54.0 Å². The van der Waals surface area contributed by atoms with Gasteiger partial charge >= 0.3 is 0 Å². The molecular formula is C16H15Br.